The second kappa shape index (κ2) is 62.7. The van der Waals surface area contributed by atoms with E-state index in [4.69, 9.17) is 9.05 Å². The molecule has 0 rings (SSSR count). The number of hydrogen-bond donors (Lipinski definition) is 2. The van der Waals surface area contributed by atoms with E-state index in [9.17, 15) is 19.4 Å². The van der Waals surface area contributed by atoms with E-state index in [0.29, 0.717) is 17.4 Å². The zero-order chi connectivity index (χ0) is 59.1. The fraction of sp³-hybridized carbons (Fsp3) is 0.847. The van der Waals surface area contributed by atoms with Gasteiger partial charge in [-0.3, -0.25) is 9.36 Å². The third-order valence-electron chi connectivity index (χ3n) is 16.0. The van der Waals surface area contributed by atoms with Crippen LogP contribution in [-0.2, 0) is 18.4 Å². The number of phosphoric ester groups is 1. The van der Waals surface area contributed by atoms with Gasteiger partial charge in [0, 0.05) is 6.42 Å². The van der Waals surface area contributed by atoms with Crippen molar-refractivity contribution >= 4 is 13.7 Å². The smallest absolute Gasteiger partial charge is 0.268 e. The summed E-state index contributed by atoms with van der Waals surface area (Å²) in [6.45, 7) is 4.58. The number of aliphatic hydroxyl groups is 1. The first-order valence-corrected chi connectivity index (χ1v) is 36.6. The van der Waals surface area contributed by atoms with Gasteiger partial charge < -0.3 is 28.8 Å². The zero-order valence-corrected chi connectivity index (χ0v) is 55.4. The summed E-state index contributed by atoms with van der Waals surface area (Å²) in [5.74, 6) is -0.191. The van der Waals surface area contributed by atoms with Crippen molar-refractivity contribution in [2.45, 2.75) is 353 Å². The third kappa shape index (κ3) is 65.6. The molecule has 9 heteroatoms. The number of hydrogen-bond acceptors (Lipinski definition) is 6. The van der Waals surface area contributed by atoms with Gasteiger partial charge >= 0.3 is 0 Å². The summed E-state index contributed by atoms with van der Waals surface area (Å²) in [4.78, 5) is 25.6. The lowest BCUT2D eigenvalue weighted by Gasteiger charge is -2.29. The lowest BCUT2D eigenvalue weighted by atomic mass is 10.0. The predicted octanol–water partition coefficient (Wildman–Crippen LogP) is 21.8. The average molecular weight is 1160 g/mol. The lowest BCUT2D eigenvalue weighted by Crippen LogP contribution is -2.45. The van der Waals surface area contributed by atoms with Gasteiger partial charge in [-0.05, 0) is 57.8 Å². The Hall–Kier alpha value is -1.80. The number of nitrogens with zero attached hydrogens (tertiary/aromatic N) is 1. The molecule has 0 aromatic carbocycles. The van der Waals surface area contributed by atoms with Gasteiger partial charge in [-0.2, -0.15) is 0 Å². The molecule has 0 aromatic heterocycles. The van der Waals surface area contributed by atoms with E-state index in [1.165, 1.54) is 257 Å². The number of likely N-dealkylation sites (N-methyl/N-ethyl adjacent to an activating group) is 1. The first-order chi connectivity index (χ1) is 39.5. The highest BCUT2D eigenvalue weighted by atomic mass is 31.2. The van der Waals surface area contributed by atoms with Gasteiger partial charge in [-0.25, -0.2) is 0 Å². The van der Waals surface area contributed by atoms with Gasteiger partial charge in [0.1, 0.15) is 13.2 Å². The van der Waals surface area contributed by atoms with Crippen LogP contribution in [0.3, 0.4) is 0 Å². The van der Waals surface area contributed by atoms with Crippen molar-refractivity contribution in [3.8, 4) is 0 Å². The number of allylic oxidation sites excluding steroid dienone is 9. The molecule has 0 saturated heterocycles. The van der Waals surface area contributed by atoms with E-state index in [-0.39, 0.29) is 19.1 Å². The van der Waals surface area contributed by atoms with E-state index in [1.54, 1.807) is 6.08 Å². The first-order valence-electron chi connectivity index (χ1n) is 35.2. The van der Waals surface area contributed by atoms with Crippen molar-refractivity contribution in [2.24, 2.45) is 0 Å². The topological polar surface area (TPSA) is 108 Å². The van der Waals surface area contributed by atoms with E-state index in [2.05, 4.69) is 67.8 Å². The van der Waals surface area contributed by atoms with Crippen LogP contribution >= 0.6 is 7.82 Å². The van der Waals surface area contributed by atoms with Crippen molar-refractivity contribution in [2.75, 3.05) is 40.9 Å². The standard InChI is InChI=1S/C72H137N2O6P/c1-6-8-10-12-14-16-18-20-22-24-26-27-28-29-30-31-32-33-34-35-36-37-38-39-40-41-42-43-44-45-46-47-48-50-52-54-56-58-60-62-64-66-72(76)73-70(69-80-81(77,78)79-68-67-74(3,4)5)71(75)65-63-61-59-57-55-53-51-49-25-23-21-19-17-15-13-11-9-7-2/h8,10,14,16,20,22,26-27,63,65,70-71,75H,6-7,9,11-13,15,17-19,21,23-25,28-62,64,66-69H2,1-5H3,(H-,73,76,77,78)/b10-8-,16-14-,22-20-,27-26-,65-63+. The highest BCUT2D eigenvalue weighted by molar-refractivity contribution is 7.45. The Kier molecular flexibility index (Phi) is 61.3. The second-order valence-corrected chi connectivity index (χ2v) is 26.6. The molecule has 1 amide bonds. The Bertz CT molecular complexity index is 1500. The van der Waals surface area contributed by atoms with E-state index < -0.39 is 20.0 Å². The number of rotatable bonds is 65. The summed E-state index contributed by atoms with van der Waals surface area (Å²) in [6, 6.07) is -0.886. The predicted molar refractivity (Wildman–Crippen MR) is 353 cm³/mol. The summed E-state index contributed by atoms with van der Waals surface area (Å²) in [5.41, 5.74) is 0. The van der Waals surface area contributed by atoms with Crippen molar-refractivity contribution in [3.05, 3.63) is 60.8 Å². The second-order valence-electron chi connectivity index (χ2n) is 25.2. The molecule has 0 aliphatic rings. The Morgan fingerprint density at radius 3 is 1.10 bits per heavy atom. The summed E-state index contributed by atoms with van der Waals surface area (Å²) < 4.78 is 23.4. The van der Waals surface area contributed by atoms with Crippen molar-refractivity contribution < 1.29 is 32.9 Å². The Balaban J connectivity index is 3.89. The molecule has 0 fully saturated rings. The van der Waals surface area contributed by atoms with E-state index >= 15 is 0 Å². The number of phosphoric acid groups is 1. The van der Waals surface area contributed by atoms with Crippen LogP contribution in [-0.4, -0.2) is 68.5 Å². The van der Waals surface area contributed by atoms with Crippen LogP contribution in [0.5, 0.6) is 0 Å². The van der Waals surface area contributed by atoms with Crippen LogP contribution in [0, 0.1) is 0 Å². The van der Waals surface area contributed by atoms with Gasteiger partial charge in [-0.1, -0.05) is 338 Å². The summed E-state index contributed by atoms with van der Waals surface area (Å²) >= 11 is 0. The normalized spacial score (nSPS) is 14.0. The molecule has 0 spiro atoms. The summed E-state index contributed by atoms with van der Waals surface area (Å²) in [5, 5.41) is 13.9. The van der Waals surface area contributed by atoms with Crippen molar-refractivity contribution in [1.29, 1.82) is 0 Å². The highest BCUT2D eigenvalue weighted by Gasteiger charge is 2.23. The molecule has 0 aliphatic carbocycles. The Labute approximate surface area is 504 Å². The van der Waals surface area contributed by atoms with Crippen LogP contribution in [0.4, 0.5) is 0 Å². The highest BCUT2D eigenvalue weighted by Crippen LogP contribution is 2.38. The maximum absolute atomic E-state index is 13.0. The quantitative estimate of drug-likeness (QED) is 0.0272. The Morgan fingerprint density at radius 2 is 0.753 bits per heavy atom. The Morgan fingerprint density at radius 1 is 0.444 bits per heavy atom. The monoisotopic (exact) mass is 1160 g/mol. The van der Waals surface area contributed by atoms with Crippen LogP contribution < -0.4 is 10.2 Å². The number of amides is 1. The molecule has 81 heavy (non-hydrogen) atoms. The average Bonchev–Trinajstić information content (AvgIpc) is 3.43. The van der Waals surface area contributed by atoms with Crippen LogP contribution in [0.2, 0.25) is 0 Å². The van der Waals surface area contributed by atoms with E-state index in [1.807, 2.05) is 27.2 Å². The minimum absolute atomic E-state index is 0.000748. The number of carbonyl (C=O) groups excluding carboxylic acids is 1. The van der Waals surface area contributed by atoms with E-state index in [0.717, 1.165) is 64.2 Å². The fourth-order valence-electron chi connectivity index (χ4n) is 10.6. The number of unbranched alkanes of at least 4 members (excludes halogenated alkanes) is 44. The number of aliphatic hydroxyl groups excluding tert-OH is 1. The summed E-state index contributed by atoms with van der Waals surface area (Å²) in [7, 11) is 1.28. The van der Waals surface area contributed by atoms with Crippen LogP contribution in [0.15, 0.2) is 60.8 Å². The van der Waals surface area contributed by atoms with Crippen molar-refractivity contribution in [1.82, 2.24) is 5.32 Å². The molecule has 8 nitrogen and oxygen atoms in total. The summed E-state index contributed by atoms with van der Waals surface area (Å²) in [6.07, 6.45) is 86.4. The maximum atomic E-state index is 13.0. The third-order valence-corrected chi connectivity index (χ3v) is 16.9. The molecule has 0 aromatic rings. The van der Waals surface area contributed by atoms with Gasteiger partial charge in [0.2, 0.25) is 5.91 Å². The van der Waals surface area contributed by atoms with Crippen LogP contribution in [0.25, 0.3) is 0 Å². The molecule has 0 bridgehead atoms. The van der Waals surface area contributed by atoms with Gasteiger partial charge in [0.25, 0.3) is 7.82 Å². The maximum Gasteiger partial charge on any atom is 0.268 e. The molecule has 0 heterocycles. The number of quaternary nitrogens is 1. The molecular formula is C72H137N2O6P. The van der Waals surface area contributed by atoms with Crippen LogP contribution in [0.1, 0.15) is 341 Å². The largest absolute Gasteiger partial charge is 0.756 e. The molecule has 0 radical (unpaired) electrons. The molecule has 2 N–H and O–H groups in total. The zero-order valence-electron chi connectivity index (χ0n) is 54.5. The van der Waals surface area contributed by atoms with Gasteiger partial charge in [-0.15, -0.1) is 0 Å². The lowest BCUT2D eigenvalue weighted by molar-refractivity contribution is -0.870. The SMILES string of the molecule is CC/C=C\C/C=C\C/C=C\C/C=C\CCCCCCCCCCCCCCCCCCCCCCCCCCCCCCC(=O)NC(COP(=O)([O-])OCC[N+](C)(C)C)C(O)/C=C/CCCCCCCCCCCCCCCCCC. The number of carbonyl (C=O) groups is 1. The van der Waals surface area contributed by atoms with Gasteiger partial charge in [0.15, 0.2) is 0 Å². The molecular weight excluding hydrogens is 1020 g/mol. The minimum Gasteiger partial charge on any atom is -0.756 e. The molecule has 3 unspecified atom stereocenters. The minimum atomic E-state index is -4.60. The van der Waals surface area contributed by atoms with Gasteiger partial charge in [0.05, 0.1) is 39.9 Å². The fourth-order valence-corrected chi connectivity index (χ4v) is 11.3. The number of nitrogens with one attached hydrogen (secondary N) is 1. The first kappa shape index (κ1) is 79.2. The molecule has 3 atom stereocenters. The van der Waals surface area contributed by atoms with Crippen molar-refractivity contribution in [3.63, 3.8) is 0 Å². The molecule has 0 saturated carbocycles. The molecule has 476 valence electrons. The molecule has 0 aliphatic heterocycles.